The fourth-order valence-electron chi connectivity index (χ4n) is 3.20. The number of carbonyl (C=O) groups is 2. The molecule has 4 aromatic rings. The molecule has 2 N–H and O–H groups in total. The summed E-state index contributed by atoms with van der Waals surface area (Å²) in [6, 6.07) is 15.2. The molecule has 3 heterocycles. The molecule has 0 saturated heterocycles. The highest BCUT2D eigenvalue weighted by atomic mass is 32.2. The van der Waals surface area contributed by atoms with E-state index in [2.05, 4.69) is 15.6 Å². The van der Waals surface area contributed by atoms with Crippen molar-refractivity contribution < 1.29 is 9.59 Å². The minimum absolute atomic E-state index is 0.115. The minimum atomic E-state index is -0.442. The van der Waals surface area contributed by atoms with Crippen LogP contribution in [0, 0.1) is 0 Å². The Kier molecular flexibility index (Phi) is 4.57. The van der Waals surface area contributed by atoms with E-state index in [1.807, 2.05) is 70.7 Å². The smallest absolute Gasteiger partial charge is 0.238 e. The number of aromatic nitrogens is 2. The minimum Gasteiger partial charge on any atom is -0.326 e. The number of fused-ring (bicyclic) bond motifs is 2. The fourth-order valence-corrected chi connectivity index (χ4v) is 5.01. The molecule has 29 heavy (non-hydrogen) atoms. The Morgan fingerprint density at radius 3 is 2.83 bits per heavy atom. The van der Waals surface area contributed by atoms with Crippen LogP contribution in [0.5, 0.6) is 0 Å². The average Bonchev–Trinajstić information content (AvgIpc) is 3.31. The summed E-state index contributed by atoms with van der Waals surface area (Å²) >= 11 is 3.01. The van der Waals surface area contributed by atoms with Gasteiger partial charge in [-0.1, -0.05) is 24.3 Å². The lowest BCUT2D eigenvalue weighted by Crippen LogP contribution is -2.32. The van der Waals surface area contributed by atoms with E-state index in [0.29, 0.717) is 5.69 Å². The molecule has 0 aliphatic carbocycles. The van der Waals surface area contributed by atoms with E-state index in [-0.39, 0.29) is 18.2 Å². The number of nitrogens with zero attached hydrogens (tertiary/aromatic N) is 2. The zero-order valence-electron chi connectivity index (χ0n) is 15.2. The van der Waals surface area contributed by atoms with Crippen LogP contribution in [-0.4, -0.2) is 26.4 Å². The maximum Gasteiger partial charge on any atom is 0.238 e. The molecule has 8 heteroatoms. The number of carbonyl (C=O) groups excluding carboxylic acids is 2. The number of hydrogen-bond acceptors (Lipinski definition) is 5. The summed E-state index contributed by atoms with van der Waals surface area (Å²) in [7, 11) is 0. The zero-order valence-corrected chi connectivity index (χ0v) is 16.8. The van der Waals surface area contributed by atoms with Gasteiger partial charge in [-0.2, -0.15) is 0 Å². The number of benzene rings is 2. The monoisotopic (exact) mass is 420 g/mol. The third-order valence-electron chi connectivity index (χ3n) is 4.64. The molecule has 2 amide bonds. The fraction of sp³-hybridized carbons (Fsp3) is 0.0952. The van der Waals surface area contributed by atoms with E-state index in [9.17, 15) is 9.59 Å². The molecule has 5 rings (SSSR count). The molecule has 1 aliphatic heterocycles. The molecule has 0 spiro atoms. The van der Waals surface area contributed by atoms with Crippen molar-refractivity contribution in [2.24, 2.45) is 0 Å². The Morgan fingerprint density at radius 2 is 2.00 bits per heavy atom. The van der Waals surface area contributed by atoms with Gasteiger partial charge in [-0.25, -0.2) is 4.98 Å². The van der Waals surface area contributed by atoms with Crippen LogP contribution in [0.15, 0.2) is 71.2 Å². The lowest BCUT2D eigenvalue weighted by molar-refractivity contribution is -0.120. The standard InChI is InChI=1S/C21H16N4O2S2/c26-19(11-18-20(27)23-15-3-1-2-4-17(15)29-18)22-14-7-5-13(6-8-14)16-12-25-9-10-28-21(25)24-16/h1-10,12,18H,11H2,(H,22,26)(H,23,27)/t18-/m1/s1. The SMILES string of the molecule is O=C(C[C@H]1Sc2ccccc2NC1=O)Nc1ccc(-c2cn3ccsc3n2)cc1. The van der Waals surface area contributed by atoms with Gasteiger partial charge in [0.1, 0.15) is 0 Å². The largest absolute Gasteiger partial charge is 0.326 e. The molecule has 0 saturated carbocycles. The van der Waals surface area contributed by atoms with Crippen LogP contribution in [0.25, 0.3) is 16.2 Å². The first-order chi connectivity index (χ1) is 14.2. The quantitative estimate of drug-likeness (QED) is 0.510. The van der Waals surface area contributed by atoms with Gasteiger partial charge in [-0.05, 0) is 24.3 Å². The van der Waals surface area contributed by atoms with Crippen LogP contribution in [0.3, 0.4) is 0 Å². The van der Waals surface area contributed by atoms with E-state index in [1.54, 1.807) is 11.3 Å². The second-order valence-corrected chi connectivity index (χ2v) is 8.76. The average molecular weight is 421 g/mol. The van der Waals surface area contributed by atoms with Crippen molar-refractivity contribution >= 4 is 51.2 Å². The molecule has 0 bridgehead atoms. The van der Waals surface area contributed by atoms with Crippen LogP contribution >= 0.6 is 23.1 Å². The van der Waals surface area contributed by atoms with Crippen LogP contribution in [0.4, 0.5) is 11.4 Å². The molecule has 2 aromatic heterocycles. The molecule has 0 unspecified atom stereocenters. The van der Waals surface area contributed by atoms with Gasteiger partial charge in [0.2, 0.25) is 11.8 Å². The second kappa shape index (κ2) is 7.38. The van der Waals surface area contributed by atoms with E-state index in [0.717, 1.165) is 26.8 Å². The van der Waals surface area contributed by atoms with Crippen molar-refractivity contribution in [2.45, 2.75) is 16.6 Å². The summed E-state index contributed by atoms with van der Waals surface area (Å²) in [5.41, 5.74) is 3.37. The first-order valence-electron chi connectivity index (χ1n) is 9.05. The molecule has 6 nitrogen and oxygen atoms in total. The van der Waals surface area contributed by atoms with Crippen LogP contribution in [-0.2, 0) is 9.59 Å². The van der Waals surface area contributed by atoms with E-state index in [4.69, 9.17) is 0 Å². The van der Waals surface area contributed by atoms with Crippen molar-refractivity contribution in [1.29, 1.82) is 0 Å². The number of rotatable bonds is 4. The highest BCUT2D eigenvalue weighted by Crippen LogP contribution is 2.36. The summed E-state index contributed by atoms with van der Waals surface area (Å²) in [6.07, 6.45) is 4.07. The predicted molar refractivity (Wildman–Crippen MR) is 116 cm³/mol. The van der Waals surface area contributed by atoms with Gasteiger partial charge < -0.3 is 10.6 Å². The highest BCUT2D eigenvalue weighted by molar-refractivity contribution is 8.01. The third kappa shape index (κ3) is 3.64. The van der Waals surface area contributed by atoms with Gasteiger partial charge >= 0.3 is 0 Å². The molecular formula is C21H16N4O2S2. The molecule has 1 aliphatic rings. The van der Waals surface area contributed by atoms with Gasteiger partial charge in [0, 0.05) is 40.3 Å². The highest BCUT2D eigenvalue weighted by Gasteiger charge is 2.28. The number of nitrogens with one attached hydrogen (secondary N) is 2. The van der Waals surface area contributed by atoms with Crippen molar-refractivity contribution in [3.63, 3.8) is 0 Å². The summed E-state index contributed by atoms with van der Waals surface area (Å²) in [6.45, 7) is 0. The van der Waals surface area contributed by atoms with E-state index < -0.39 is 5.25 Å². The number of thiazole rings is 1. The van der Waals surface area contributed by atoms with Crippen molar-refractivity contribution in [3.8, 4) is 11.3 Å². The van der Waals surface area contributed by atoms with Gasteiger partial charge in [-0.15, -0.1) is 23.1 Å². The lowest BCUT2D eigenvalue weighted by atomic mass is 10.1. The lowest BCUT2D eigenvalue weighted by Gasteiger charge is -2.23. The van der Waals surface area contributed by atoms with Crippen molar-refractivity contribution in [3.05, 3.63) is 66.3 Å². The van der Waals surface area contributed by atoms with Crippen molar-refractivity contribution in [2.75, 3.05) is 10.6 Å². The number of amides is 2. The molecular weight excluding hydrogens is 404 g/mol. The number of thioether (sulfide) groups is 1. The van der Waals surface area contributed by atoms with Gasteiger partial charge in [0.25, 0.3) is 0 Å². The Hall–Kier alpha value is -3.10. The first kappa shape index (κ1) is 18.0. The summed E-state index contributed by atoms with van der Waals surface area (Å²) < 4.78 is 1.99. The predicted octanol–water partition coefficient (Wildman–Crippen LogP) is 4.50. The zero-order chi connectivity index (χ0) is 19.8. The van der Waals surface area contributed by atoms with Crippen LogP contribution < -0.4 is 10.6 Å². The Bertz CT molecular complexity index is 1180. The molecule has 144 valence electrons. The second-order valence-electron chi connectivity index (χ2n) is 6.64. The van der Waals surface area contributed by atoms with E-state index in [1.165, 1.54) is 11.8 Å². The topological polar surface area (TPSA) is 75.5 Å². The number of anilines is 2. The summed E-state index contributed by atoms with van der Waals surface area (Å²) in [5, 5.41) is 7.30. The third-order valence-corrected chi connectivity index (χ3v) is 6.68. The van der Waals surface area contributed by atoms with Crippen LogP contribution in [0.2, 0.25) is 0 Å². The van der Waals surface area contributed by atoms with Gasteiger partial charge in [-0.3, -0.25) is 14.0 Å². The first-order valence-corrected chi connectivity index (χ1v) is 10.8. The molecule has 2 aromatic carbocycles. The maximum absolute atomic E-state index is 12.5. The molecule has 0 radical (unpaired) electrons. The number of hydrogen-bond donors (Lipinski definition) is 2. The Balaban J connectivity index is 1.24. The number of imidazole rings is 1. The normalized spacial score (nSPS) is 15.7. The molecule has 1 atom stereocenters. The van der Waals surface area contributed by atoms with Gasteiger partial charge in [0.05, 0.1) is 16.6 Å². The Labute approximate surface area is 175 Å². The summed E-state index contributed by atoms with van der Waals surface area (Å²) in [4.78, 5) is 31.2. The van der Waals surface area contributed by atoms with Crippen LogP contribution in [0.1, 0.15) is 6.42 Å². The van der Waals surface area contributed by atoms with Crippen molar-refractivity contribution in [1.82, 2.24) is 9.38 Å². The Morgan fingerprint density at radius 1 is 1.17 bits per heavy atom. The molecule has 0 fully saturated rings. The summed E-state index contributed by atoms with van der Waals surface area (Å²) in [5.74, 6) is -0.328. The number of para-hydroxylation sites is 1. The maximum atomic E-state index is 12.5. The van der Waals surface area contributed by atoms with E-state index >= 15 is 0 Å². The van der Waals surface area contributed by atoms with Gasteiger partial charge in [0.15, 0.2) is 4.96 Å².